The SMILES string of the molecule is CCNC(=NCC1CC(=O)Nc2ccccc21)NCCc1c(F)cccc1F. The van der Waals surface area contributed by atoms with Crippen molar-refractivity contribution in [1.29, 1.82) is 0 Å². The number of benzene rings is 2. The first-order chi connectivity index (χ1) is 13.6. The molecule has 0 bridgehead atoms. The normalized spacial score (nSPS) is 16.3. The Labute approximate surface area is 163 Å². The quantitative estimate of drug-likeness (QED) is 0.528. The number of anilines is 1. The Kier molecular flexibility index (Phi) is 6.57. The third-order valence-corrected chi connectivity index (χ3v) is 4.65. The Morgan fingerprint density at radius 1 is 1.14 bits per heavy atom. The summed E-state index contributed by atoms with van der Waals surface area (Å²) in [5.41, 5.74) is 1.95. The van der Waals surface area contributed by atoms with E-state index in [1.54, 1.807) is 0 Å². The van der Waals surface area contributed by atoms with Crippen molar-refractivity contribution in [2.45, 2.75) is 25.7 Å². The molecule has 7 heteroatoms. The molecule has 0 fully saturated rings. The highest BCUT2D eigenvalue weighted by atomic mass is 19.1. The molecule has 1 heterocycles. The molecule has 0 spiro atoms. The van der Waals surface area contributed by atoms with Crippen LogP contribution in [0.3, 0.4) is 0 Å². The number of carbonyl (C=O) groups excluding carboxylic acids is 1. The van der Waals surface area contributed by atoms with E-state index in [0.29, 0.717) is 32.0 Å². The molecule has 1 atom stereocenters. The van der Waals surface area contributed by atoms with Crippen molar-refractivity contribution in [3.05, 3.63) is 65.2 Å². The monoisotopic (exact) mass is 386 g/mol. The summed E-state index contributed by atoms with van der Waals surface area (Å²) in [6.07, 6.45) is 0.581. The minimum Gasteiger partial charge on any atom is -0.357 e. The van der Waals surface area contributed by atoms with E-state index in [1.165, 1.54) is 18.2 Å². The molecule has 148 valence electrons. The first kappa shape index (κ1) is 19.8. The zero-order chi connectivity index (χ0) is 19.9. The molecule has 0 radical (unpaired) electrons. The van der Waals surface area contributed by atoms with Crippen LogP contribution in [0, 0.1) is 11.6 Å². The fourth-order valence-corrected chi connectivity index (χ4v) is 3.29. The van der Waals surface area contributed by atoms with Gasteiger partial charge in [0.25, 0.3) is 0 Å². The van der Waals surface area contributed by atoms with Gasteiger partial charge in [-0.05, 0) is 37.1 Å². The maximum absolute atomic E-state index is 13.7. The highest BCUT2D eigenvalue weighted by molar-refractivity contribution is 5.94. The summed E-state index contributed by atoms with van der Waals surface area (Å²) >= 11 is 0. The van der Waals surface area contributed by atoms with Gasteiger partial charge in [0.1, 0.15) is 11.6 Å². The number of halogens is 2. The second-order valence-corrected chi connectivity index (χ2v) is 6.63. The Morgan fingerprint density at radius 3 is 2.64 bits per heavy atom. The molecular weight excluding hydrogens is 362 g/mol. The van der Waals surface area contributed by atoms with Gasteiger partial charge < -0.3 is 16.0 Å². The first-order valence-corrected chi connectivity index (χ1v) is 9.42. The second-order valence-electron chi connectivity index (χ2n) is 6.63. The maximum Gasteiger partial charge on any atom is 0.225 e. The fraction of sp³-hybridized carbons (Fsp3) is 0.333. The summed E-state index contributed by atoms with van der Waals surface area (Å²) in [6.45, 7) is 3.37. The molecule has 28 heavy (non-hydrogen) atoms. The van der Waals surface area contributed by atoms with E-state index in [9.17, 15) is 13.6 Å². The minimum absolute atomic E-state index is 0.00980. The molecule has 0 saturated heterocycles. The molecule has 3 rings (SSSR count). The molecular formula is C21H24F2N4O. The van der Waals surface area contributed by atoms with Crippen LogP contribution < -0.4 is 16.0 Å². The lowest BCUT2D eigenvalue weighted by atomic mass is 9.91. The molecule has 2 aromatic rings. The van der Waals surface area contributed by atoms with Crippen molar-refractivity contribution < 1.29 is 13.6 Å². The van der Waals surface area contributed by atoms with Gasteiger partial charge in [0, 0.05) is 36.7 Å². The van der Waals surface area contributed by atoms with E-state index >= 15 is 0 Å². The van der Waals surface area contributed by atoms with Crippen LogP contribution in [0.4, 0.5) is 14.5 Å². The summed E-state index contributed by atoms with van der Waals surface area (Å²) in [4.78, 5) is 16.5. The second kappa shape index (κ2) is 9.30. The average molecular weight is 386 g/mol. The van der Waals surface area contributed by atoms with E-state index in [2.05, 4.69) is 20.9 Å². The molecule has 1 aliphatic rings. The van der Waals surface area contributed by atoms with Crippen LogP contribution in [0.2, 0.25) is 0 Å². The van der Waals surface area contributed by atoms with E-state index in [-0.39, 0.29) is 23.8 Å². The third kappa shape index (κ3) is 4.85. The lowest BCUT2D eigenvalue weighted by Gasteiger charge is -2.24. The van der Waals surface area contributed by atoms with Crippen molar-refractivity contribution in [3.63, 3.8) is 0 Å². The maximum atomic E-state index is 13.7. The Morgan fingerprint density at radius 2 is 1.89 bits per heavy atom. The predicted molar refractivity (Wildman–Crippen MR) is 106 cm³/mol. The lowest BCUT2D eigenvalue weighted by molar-refractivity contribution is -0.116. The number of hydrogen-bond acceptors (Lipinski definition) is 2. The number of rotatable bonds is 6. The van der Waals surface area contributed by atoms with Gasteiger partial charge in [0.2, 0.25) is 5.91 Å². The van der Waals surface area contributed by atoms with Crippen LogP contribution in [0.25, 0.3) is 0 Å². The summed E-state index contributed by atoms with van der Waals surface area (Å²) < 4.78 is 27.5. The number of amides is 1. The number of nitrogens with zero attached hydrogens (tertiary/aromatic N) is 1. The summed E-state index contributed by atoms with van der Waals surface area (Å²) in [6, 6.07) is 11.6. The Bertz CT molecular complexity index is 849. The summed E-state index contributed by atoms with van der Waals surface area (Å²) in [7, 11) is 0. The van der Waals surface area contributed by atoms with Crippen LogP contribution in [0.15, 0.2) is 47.5 Å². The topological polar surface area (TPSA) is 65.5 Å². The van der Waals surface area contributed by atoms with E-state index < -0.39 is 11.6 Å². The van der Waals surface area contributed by atoms with Gasteiger partial charge >= 0.3 is 0 Å². The highest BCUT2D eigenvalue weighted by Gasteiger charge is 2.24. The zero-order valence-corrected chi connectivity index (χ0v) is 15.8. The number of fused-ring (bicyclic) bond motifs is 1. The number of nitrogens with one attached hydrogen (secondary N) is 3. The average Bonchev–Trinajstić information content (AvgIpc) is 2.68. The Balaban J connectivity index is 1.64. The highest BCUT2D eigenvalue weighted by Crippen LogP contribution is 2.31. The van der Waals surface area contributed by atoms with Crippen molar-refractivity contribution >= 4 is 17.6 Å². The van der Waals surface area contributed by atoms with E-state index in [1.807, 2.05) is 31.2 Å². The number of guanidine groups is 1. The zero-order valence-electron chi connectivity index (χ0n) is 15.8. The largest absolute Gasteiger partial charge is 0.357 e. The van der Waals surface area contributed by atoms with Crippen LogP contribution in [0.5, 0.6) is 0 Å². The molecule has 0 aliphatic carbocycles. The Hall–Kier alpha value is -2.96. The van der Waals surface area contributed by atoms with Crippen LogP contribution >= 0.6 is 0 Å². The van der Waals surface area contributed by atoms with E-state index in [0.717, 1.165) is 11.3 Å². The molecule has 5 nitrogen and oxygen atoms in total. The van der Waals surface area contributed by atoms with E-state index in [4.69, 9.17) is 0 Å². The predicted octanol–water partition coefficient (Wildman–Crippen LogP) is 3.19. The molecule has 1 unspecified atom stereocenters. The lowest BCUT2D eigenvalue weighted by Crippen LogP contribution is -2.39. The van der Waals surface area contributed by atoms with Gasteiger partial charge in [-0.1, -0.05) is 24.3 Å². The van der Waals surface area contributed by atoms with Crippen LogP contribution in [0.1, 0.15) is 30.4 Å². The molecule has 0 saturated carbocycles. The molecule has 1 amide bonds. The van der Waals surface area contributed by atoms with Crippen molar-refractivity contribution in [1.82, 2.24) is 10.6 Å². The molecule has 2 aromatic carbocycles. The van der Waals surface area contributed by atoms with Crippen LogP contribution in [-0.2, 0) is 11.2 Å². The number of para-hydroxylation sites is 1. The van der Waals surface area contributed by atoms with Gasteiger partial charge in [-0.3, -0.25) is 9.79 Å². The van der Waals surface area contributed by atoms with Crippen molar-refractivity contribution in [2.75, 3.05) is 25.0 Å². The van der Waals surface area contributed by atoms with Gasteiger partial charge in [0.05, 0.1) is 6.54 Å². The smallest absolute Gasteiger partial charge is 0.225 e. The van der Waals surface area contributed by atoms with Crippen molar-refractivity contribution in [2.24, 2.45) is 4.99 Å². The van der Waals surface area contributed by atoms with Crippen LogP contribution in [-0.4, -0.2) is 31.5 Å². The third-order valence-electron chi connectivity index (χ3n) is 4.65. The fourth-order valence-electron chi connectivity index (χ4n) is 3.29. The number of hydrogen-bond donors (Lipinski definition) is 3. The molecule has 3 N–H and O–H groups in total. The standard InChI is InChI=1S/C21H24F2N4O/c1-2-24-21(25-11-10-16-17(22)7-5-8-18(16)23)26-13-14-12-20(28)27-19-9-4-3-6-15(14)19/h3-9,14H,2,10-13H2,1H3,(H,27,28)(H2,24,25,26). The molecule has 0 aromatic heterocycles. The number of aliphatic imine (C=N–C) groups is 1. The van der Waals surface area contributed by atoms with Gasteiger partial charge in [0.15, 0.2) is 5.96 Å². The molecule has 1 aliphatic heterocycles. The van der Waals surface area contributed by atoms with Crippen molar-refractivity contribution in [3.8, 4) is 0 Å². The van der Waals surface area contributed by atoms with Gasteiger partial charge in [-0.25, -0.2) is 8.78 Å². The first-order valence-electron chi connectivity index (χ1n) is 9.42. The minimum atomic E-state index is -0.548. The summed E-state index contributed by atoms with van der Waals surface area (Å²) in [5.74, 6) is -0.568. The van der Waals surface area contributed by atoms with Gasteiger partial charge in [-0.15, -0.1) is 0 Å². The van der Waals surface area contributed by atoms with Gasteiger partial charge in [-0.2, -0.15) is 0 Å². The number of carbonyl (C=O) groups is 1. The summed E-state index contributed by atoms with van der Waals surface area (Å²) in [5, 5.41) is 9.10.